The molecule has 0 heterocycles. The average Bonchev–Trinajstić information content (AvgIpc) is 2.46. The highest BCUT2D eigenvalue weighted by Crippen LogP contribution is 2.05. The van der Waals surface area contributed by atoms with Crippen molar-refractivity contribution in [1.29, 1.82) is 0 Å². The van der Waals surface area contributed by atoms with Crippen LogP contribution in [0.5, 0.6) is 0 Å². The Kier molecular flexibility index (Phi) is 15.3. The zero-order chi connectivity index (χ0) is 17.4. The summed E-state index contributed by atoms with van der Waals surface area (Å²) in [6.07, 6.45) is -0.433. The SMILES string of the molecule is CC(C)(C)OC(=O)NCCOCCOCCOCCOCCI. The highest BCUT2D eigenvalue weighted by atomic mass is 127. The molecule has 0 saturated carbocycles. The largest absolute Gasteiger partial charge is 0.444 e. The molecule has 7 nitrogen and oxygen atoms in total. The van der Waals surface area contributed by atoms with Gasteiger partial charge in [0, 0.05) is 11.0 Å². The number of rotatable bonds is 14. The zero-order valence-corrected chi connectivity index (χ0v) is 16.6. The molecule has 23 heavy (non-hydrogen) atoms. The van der Waals surface area contributed by atoms with Crippen molar-refractivity contribution in [1.82, 2.24) is 5.32 Å². The van der Waals surface area contributed by atoms with Gasteiger partial charge in [-0.3, -0.25) is 0 Å². The molecule has 0 aromatic heterocycles. The molecule has 8 heteroatoms. The summed E-state index contributed by atoms with van der Waals surface area (Å²) < 4.78 is 27.4. The van der Waals surface area contributed by atoms with Crippen LogP contribution in [0.1, 0.15) is 20.8 Å². The fourth-order valence-corrected chi connectivity index (χ4v) is 1.67. The second-order valence-corrected chi connectivity index (χ2v) is 6.65. The summed E-state index contributed by atoms with van der Waals surface area (Å²) in [6.45, 7) is 10.3. The Labute approximate surface area is 152 Å². The molecule has 138 valence electrons. The van der Waals surface area contributed by atoms with Crippen LogP contribution in [0.4, 0.5) is 4.79 Å². The van der Waals surface area contributed by atoms with Gasteiger partial charge < -0.3 is 29.0 Å². The number of ether oxygens (including phenoxy) is 5. The van der Waals surface area contributed by atoms with Crippen LogP contribution in [0, 0.1) is 0 Å². The molecule has 0 bridgehead atoms. The topological polar surface area (TPSA) is 75.3 Å². The molecule has 0 radical (unpaired) electrons. The zero-order valence-electron chi connectivity index (χ0n) is 14.4. The summed E-state index contributed by atoms with van der Waals surface area (Å²) in [6, 6.07) is 0. The molecule has 0 unspecified atom stereocenters. The van der Waals surface area contributed by atoms with E-state index in [1.54, 1.807) is 0 Å². The van der Waals surface area contributed by atoms with Gasteiger partial charge in [-0.15, -0.1) is 0 Å². The number of hydrogen-bond donors (Lipinski definition) is 1. The first-order valence-electron chi connectivity index (χ1n) is 7.79. The van der Waals surface area contributed by atoms with Gasteiger partial charge in [0.2, 0.25) is 0 Å². The highest BCUT2D eigenvalue weighted by Gasteiger charge is 2.15. The number of hydrogen-bond acceptors (Lipinski definition) is 6. The number of carbonyl (C=O) groups excluding carboxylic acids is 1. The average molecular weight is 447 g/mol. The molecule has 0 aliphatic carbocycles. The van der Waals surface area contributed by atoms with E-state index in [1.165, 1.54) is 0 Å². The molecule has 0 saturated heterocycles. The molecule has 1 N–H and O–H groups in total. The maximum Gasteiger partial charge on any atom is 0.407 e. The molecule has 0 aliphatic heterocycles. The van der Waals surface area contributed by atoms with Crippen molar-refractivity contribution in [3.05, 3.63) is 0 Å². The minimum absolute atomic E-state index is 0.412. The van der Waals surface area contributed by atoms with Gasteiger partial charge in [0.1, 0.15) is 5.60 Å². The van der Waals surface area contributed by atoms with Gasteiger partial charge in [0.05, 0.1) is 52.9 Å². The van der Waals surface area contributed by atoms with E-state index < -0.39 is 11.7 Å². The summed E-state index contributed by atoms with van der Waals surface area (Å²) in [4.78, 5) is 11.3. The van der Waals surface area contributed by atoms with E-state index >= 15 is 0 Å². The van der Waals surface area contributed by atoms with E-state index in [0.29, 0.717) is 52.8 Å². The number of halogens is 1. The summed E-state index contributed by atoms with van der Waals surface area (Å²) >= 11 is 2.27. The fraction of sp³-hybridized carbons (Fsp3) is 0.933. The molecule has 1 amide bonds. The standard InChI is InChI=1S/C15H30INO6/c1-15(2,3)23-14(18)17-5-7-20-9-11-22-13-12-21-10-8-19-6-4-16/h4-13H2,1-3H3,(H,17,18). The van der Waals surface area contributed by atoms with Crippen LogP contribution in [-0.2, 0) is 23.7 Å². The van der Waals surface area contributed by atoms with Crippen molar-refractivity contribution in [2.24, 2.45) is 0 Å². The van der Waals surface area contributed by atoms with Gasteiger partial charge in [-0.2, -0.15) is 0 Å². The third kappa shape index (κ3) is 19.8. The van der Waals surface area contributed by atoms with Crippen molar-refractivity contribution < 1.29 is 28.5 Å². The van der Waals surface area contributed by atoms with Crippen molar-refractivity contribution >= 4 is 28.7 Å². The number of carbonyl (C=O) groups is 1. The normalized spacial score (nSPS) is 11.5. The molecule has 0 fully saturated rings. The lowest BCUT2D eigenvalue weighted by atomic mass is 10.2. The minimum atomic E-state index is -0.483. The molecule has 0 rings (SSSR count). The lowest BCUT2D eigenvalue weighted by Crippen LogP contribution is -2.34. The second kappa shape index (κ2) is 15.4. The van der Waals surface area contributed by atoms with E-state index in [9.17, 15) is 4.79 Å². The Morgan fingerprint density at radius 3 is 1.70 bits per heavy atom. The molecule has 0 spiro atoms. The summed E-state index contributed by atoms with van der Waals surface area (Å²) in [5, 5.41) is 2.62. The molecule has 0 aromatic rings. The Morgan fingerprint density at radius 2 is 1.26 bits per heavy atom. The van der Waals surface area contributed by atoms with E-state index in [4.69, 9.17) is 23.7 Å². The molecular weight excluding hydrogens is 417 g/mol. The predicted molar refractivity (Wildman–Crippen MR) is 96.4 cm³/mol. The summed E-state index contributed by atoms with van der Waals surface area (Å²) in [5.41, 5.74) is -0.483. The van der Waals surface area contributed by atoms with Crippen LogP contribution in [0.25, 0.3) is 0 Å². The van der Waals surface area contributed by atoms with Gasteiger partial charge in [0.15, 0.2) is 0 Å². The summed E-state index contributed by atoms with van der Waals surface area (Å²) in [5.74, 6) is 0. The van der Waals surface area contributed by atoms with Crippen LogP contribution < -0.4 is 5.32 Å². The molecular formula is C15H30INO6. The second-order valence-electron chi connectivity index (χ2n) is 5.57. The van der Waals surface area contributed by atoms with Gasteiger partial charge in [-0.05, 0) is 20.8 Å². The van der Waals surface area contributed by atoms with E-state index in [-0.39, 0.29) is 0 Å². The minimum Gasteiger partial charge on any atom is -0.444 e. The Balaban J connectivity index is 3.15. The molecule has 0 aromatic carbocycles. The first kappa shape index (κ1) is 22.8. The highest BCUT2D eigenvalue weighted by molar-refractivity contribution is 14.1. The predicted octanol–water partition coefficient (Wildman–Crippen LogP) is 2.01. The van der Waals surface area contributed by atoms with Crippen LogP contribution in [0.3, 0.4) is 0 Å². The van der Waals surface area contributed by atoms with Crippen molar-refractivity contribution in [3.8, 4) is 0 Å². The first-order valence-corrected chi connectivity index (χ1v) is 9.32. The van der Waals surface area contributed by atoms with Gasteiger partial charge in [-0.1, -0.05) is 22.6 Å². The maximum absolute atomic E-state index is 11.3. The lowest BCUT2D eigenvalue weighted by molar-refractivity contribution is -0.000114. The van der Waals surface area contributed by atoms with Crippen LogP contribution in [0.15, 0.2) is 0 Å². The Hall–Kier alpha value is -0.160. The Morgan fingerprint density at radius 1 is 0.826 bits per heavy atom. The fourth-order valence-electron chi connectivity index (χ4n) is 1.36. The molecule has 0 atom stereocenters. The monoisotopic (exact) mass is 447 g/mol. The Bertz CT molecular complexity index is 286. The van der Waals surface area contributed by atoms with Crippen molar-refractivity contribution in [3.63, 3.8) is 0 Å². The van der Waals surface area contributed by atoms with Gasteiger partial charge in [-0.25, -0.2) is 4.79 Å². The van der Waals surface area contributed by atoms with E-state index in [0.717, 1.165) is 11.0 Å². The third-order valence-corrected chi connectivity index (χ3v) is 2.69. The number of alkyl carbamates (subject to hydrolysis) is 1. The van der Waals surface area contributed by atoms with E-state index in [1.807, 2.05) is 20.8 Å². The lowest BCUT2D eigenvalue weighted by Gasteiger charge is -2.19. The van der Waals surface area contributed by atoms with Crippen LogP contribution in [-0.4, -0.2) is 75.5 Å². The number of nitrogens with one attached hydrogen (secondary N) is 1. The van der Waals surface area contributed by atoms with Crippen LogP contribution in [0.2, 0.25) is 0 Å². The molecule has 0 aliphatic rings. The first-order chi connectivity index (χ1) is 11.0. The quantitative estimate of drug-likeness (QED) is 0.250. The maximum atomic E-state index is 11.3. The third-order valence-electron chi connectivity index (χ3n) is 2.25. The smallest absolute Gasteiger partial charge is 0.407 e. The van der Waals surface area contributed by atoms with Gasteiger partial charge >= 0.3 is 6.09 Å². The van der Waals surface area contributed by atoms with Crippen molar-refractivity contribution in [2.45, 2.75) is 26.4 Å². The number of alkyl halides is 1. The number of amides is 1. The van der Waals surface area contributed by atoms with Crippen molar-refractivity contribution in [2.75, 3.05) is 63.8 Å². The van der Waals surface area contributed by atoms with Gasteiger partial charge in [0.25, 0.3) is 0 Å². The summed E-state index contributed by atoms with van der Waals surface area (Å²) in [7, 11) is 0. The van der Waals surface area contributed by atoms with Crippen LogP contribution >= 0.6 is 22.6 Å². The van der Waals surface area contributed by atoms with E-state index in [2.05, 4.69) is 27.9 Å².